The van der Waals surface area contributed by atoms with Crippen molar-refractivity contribution < 1.29 is 13.9 Å². The number of nitrogens with zero attached hydrogens (tertiary/aromatic N) is 3. The van der Waals surface area contributed by atoms with Crippen molar-refractivity contribution >= 4 is 22.8 Å². The molecular weight excluding hydrogens is 346 g/mol. The molecular formula is C19H27N5O3. The van der Waals surface area contributed by atoms with Crippen LogP contribution in [0.25, 0.3) is 11.1 Å². The zero-order chi connectivity index (χ0) is 18.9. The van der Waals surface area contributed by atoms with Gasteiger partial charge in [0, 0.05) is 25.2 Å². The van der Waals surface area contributed by atoms with Crippen molar-refractivity contribution in [3.05, 3.63) is 17.7 Å². The highest BCUT2D eigenvalue weighted by Gasteiger charge is 2.38. The number of hydrogen-bond acceptors (Lipinski definition) is 7. The maximum atomic E-state index is 12.7. The van der Waals surface area contributed by atoms with Crippen LogP contribution in [0.1, 0.15) is 42.4 Å². The van der Waals surface area contributed by atoms with E-state index in [4.69, 9.17) is 9.15 Å². The third-order valence-corrected chi connectivity index (χ3v) is 5.25. The fraction of sp³-hybridized carbons (Fsp3) is 0.632. The first-order valence-electron chi connectivity index (χ1n) is 9.66. The second-order valence-corrected chi connectivity index (χ2v) is 7.70. The van der Waals surface area contributed by atoms with E-state index >= 15 is 0 Å². The second kappa shape index (κ2) is 7.44. The third-order valence-electron chi connectivity index (χ3n) is 5.25. The van der Waals surface area contributed by atoms with Crippen molar-refractivity contribution in [3.63, 3.8) is 0 Å². The zero-order valence-electron chi connectivity index (χ0n) is 16.0. The number of nitrogens with one attached hydrogen (secondary N) is 2. The summed E-state index contributed by atoms with van der Waals surface area (Å²) in [5, 5.41) is 7.12. The van der Waals surface area contributed by atoms with Crippen LogP contribution in [-0.2, 0) is 4.74 Å². The van der Waals surface area contributed by atoms with E-state index in [2.05, 4.69) is 32.4 Å². The van der Waals surface area contributed by atoms with Gasteiger partial charge in [0.05, 0.1) is 24.2 Å². The first-order valence-corrected chi connectivity index (χ1v) is 9.66. The molecule has 0 radical (unpaired) electrons. The van der Waals surface area contributed by atoms with E-state index in [0.717, 1.165) is 52.1 Å². The summed E-state index contributed by atoms with van der Waals surface area (Å²) < 4.78 is 10.9. The second-order valence-electron chi connectivity index (χ2n) is 7.70. The van der Waals surface area contributed by atoms with E-state index < -0.39 is 0 Å². The summed E-state index contributed by atoms with van der Waals surface area (Å²) in [6.45, 7) is 9.08. The molecule has 1 aliphatic carbocycles. The number of rotatable bonds is 7. The molecule has 4 rings (SSSR count). The third kappa shape index (κ3) is 4.22. The Balaban J connectivity index is 1.42. The molecule has 8 nitrogen and oxygen atoms in total. The SMILES string of the molecule is Cc1nc(NC2(C)CC2)c2c(C(=O)NCCCN3CCOCC3)coc2n1. The molecule has 3 heterocycles. The Morgan fingerprint density at radius 1 is 1.30 bits per heavy atom. The van der Waals surface area contributed by atoms with E-state index in [1.54, 1.807) is 0 Å². The smallest absolute Gasteiger partial charge is 0.255 e. The van der Waals surface area contributed by atoms with Gasteiger partial charge in [0.1, 0.15) is 17.9 Å². The standard InChI is InChI=1S/C19H27N5O3/c1-13-21-16(23-19(2)4-5-19)15-14(12-27-18(15)22-13)17(25)20-6-3-7-24-8-10-26-11-9-24/h12H,3-11H2,1-2H3,(H,20,25)(H,21,22,23). The lowest BCUT2D eigenvalue weighted by Gasteiger charge is -2.26. The van der Waals surface area contributed by atoms with E-state index in [0.29, 0.717) is 34.9 Å². The largest absolute Gasteiger partial charge is 0.445 e. The van der Waals surface area contributed by atoms with Gasteiger partial charge in [-0.05, 0) is 39.7 Å². The molecule has 0 spiro atoms. The average Bonchev–Trinajstić information content (AvgIpc) is 3.22. The normalized spacial score (nSPS) is 19.2. The van der Waals surface area contributed by atoms with Crippen molar-refractivity contribution in [3.8, 4) is 0 Å². The number of furan rings is 1. The number of fused-ring (bicyclic) bond motifs is 1. The van der Waals surface area contributed by atoms with Gasteiger partial charge in [-0.3, -0.25) is 9.69 Å². The Morgan fingerprint density at radius 2 is 2.07 bits per heavy atom. The molecule has 1 amide bonds. The van der Waals surface area contributed by atoms with E-state index in [9.17, 15) is 4.79 Å². The maximum Gasteiger partial charge on any atom is 0.255 e. The number of morpholine rings is 1. The average molecular weight is 373 g/mol. The van der Waals surface area contributed by atoms with Gasteiger partial charge in [-0.2, -0.15) is 4.98 Å². The highest BCUT2D eigenvalue weighted by molar-refractivity contribution is 6.08. The Morgan fingerprint density at radius 3 is 2.81 bits per heavy atom. The fourth-order valence-electron chi connectivity index (χ4n) is 3.33. The number of hydrogen-bond donors (Lipinski definition) is 2. The molecule has 1 aliphatic heterocycles. The molecule has 2 aliphatic rings. The van der Waals surface area contributed by atoms with Crippen molar-refractivity contribution in [1.82, 2.24) is 20.2 Å². The molecule has 1 saturated heterocycles. The molecule has 0 bridgehead atoms. The van der Waals surface area contributed by atoms with Gasteiger partial charge in [-0.25, -0.2) is 4.98 Å². The van der Waals surface area contributed by atoms with Gasteiger partial charge in [-0.15, -0.1) is 0 Å². The molecule has 27 heavy (non-hydrogen) atoms. The highest BCUT2D eigenvalue weighted by Crippen LogP contribution is 2.39. The van der Waals surface area contributed by atoms with Crippen LogP contribution in [-0.4, -0.2) is 65.7 Å². The van der Waals surface area contributed by atoms with Crippen LogP contribution in [0.2, 0.25) is 0 Å². The predicted molar refractivity (Wildman–Crippen MR) is 102 cm³/mol. The monoisotopic (exact) mass is 373 g/mol. The Bertz CT molecular complexity index is 824. The van der Waals surface area contributed by atoms with Crippen molar-refractivity contribution in [1.29, 1.82) is 0 Å². The number of amides is 1. The maximum absolute atomic E-state index is 12.7. The molecule has 8 heteroatoms. The Labute approximate surface area is 158 Å². The summed E-state index contributed by atoms with van der Waals surface area (Å²) >= 11 is 0. The topological polar surface area (TPSA) is 92.5 Å². The highest BCUT2D eigenvalue weighted by atomic mass is 16.5. The van der Waals surface area contributed by atoms with E-state index in [1.165, 1.54) is 6.26 Å². The number of carbonyl (C=O) groups is 1. The van der Waals surface area contributed by atoms with Gasteiger partial charge < -0.3 is 19.8 Å². The summed E-state index contributed by atoms with van der Waals surface area (Å²) in [5.74, 6) is 1.16. The summed E-state index contributed by atoms with van der Waals surface area (Å²) in [5.41, 5.74) is 0.993. The number of ether oxygens (including phenoxy) is 1. The van der Waals surface area contributed by atoms with E-state index in [-0.39, 0.29) is 11.4 Å². The molecule has 2 fully saturated rings. The number of aryl methyl sites for hydroxylation is 1. The summed E-state index contributed by atoms with van der Waals surface area (Å²) in [4.78, 5) is 23.9. The minimum Gasteiger partial charge on any atom is -0.445 e. The van der Waals surface area contributed by atoms with Crippen molar-refractivity contribution in [2.45, 2.75) is 38.6 Å². The molecule has 0 unspecified atom stereocenters. The van der Waals surface area contributed by atoms with Crippen molar-refractivity contribution in [2.75, 3.05) is 44.7 Å². The lowest BCUT2D eigenvalue weighted by molar-refractivity contribution is 0.0374. The Kier molecular flexibility index (Phi) is 5.01. The summed E-state index contributed by atoms with van der Waals surface area (Å²) in [6.07, 6.45) is 4.58. The number of carbonyl (C=O) groups excluding carboxylic acids is 1. The number of aromatic nitrogens is 2. The van der Waals surface area contributed by atoms with Crippen LogP contribution in [0.15, 0.2) is 10.7 Å². The van der Waals surface area contributed by atoms with Gasteiger partial charge >= 0.3 is 0 Å². The minimum atomic E-state index is -0.146. The fourth-order valence-corrected chi connectivity index (χ4v) is 3.33. The minimum absolute atomic E-state index is 0.0525. The van der Waals surface area contributed by atoms with Gasteiger partial charge in [0.25, 0.3) is 5.91 Å². The van der Waals surface area contributed by atoms with Crippen LogP contribution >= 0.6 is 0 Å². The summed E-state index contributed by atoms with van der Waals surface area (Å²) in [7, 11) is 0. The molecule has 2 N–H and O–H groups in total. The number of anilines is 1. The van der Waals surface area contributed by atoms with E-state index in [1.807, 2.05) is 6.92 Å². The quantitative estimate of drug-likeness (QED) is 0.717. The summed E-state index contributed by atoms with van der Waals surface area (Å²) in [6, 6.07) is 0. The van der Waals surface area contributed by atoms with Crippen LogP contribution in [0, 0.1) is 6.92 Å². The molecule has 2 aromatic heterocycles. The first kappa shape index (κ1) is 18.2. The Hall–Kier alpha value is -2.19. The lowest BCUT2D eigenvalue weighted by Crippen LogP contribution is -2.38. The van der Waals surface area contributed by atoms with Crippen LogP contribution in [0.3, 0.4) is 0 Å². The predicted octanol–water partition coefficient (Wildman–Crippen LogP) is 1.95. The molecule has 2 aromatic rings. The molecule has 146 valence electrons. The van der Waals surface area contributed by atoms with Gasteiger partial charge in [-0.1, -0.05) is 0 Å². The molecule has 0 aromatic carbocycles. The van der Waals surface area contributed by atoms with Gasteiger partial charge in [0.2, 0.25) is 5.71 Å². The molecule has 1 saturated carbocycles. The first-order chi connectivity index (χ1) is 13.0. The zero-order valence-corrected chi connectivity index (χ0v) is 16.0. The van der Waals surface area contributed by atoms with Crippen LogP contribution < -0.4 is 10.6 Å². The van der Waals surface area contributed by atoms with Crippen molar-refractivity contribution in [2.24, 2.45) is 0 Å². The van der Waals surface area contributed by atoms with Gasteiger partial charge in [0.15, 0.2) is 0 Å². The lowest BCUT2D eigenvalue weighted by atomic mass is 10.2. The van der Waals surface area contributed by atoms with Crippen LogP contribution in [0.5, 0.6) is 0 Å². The van der Waals surface area contributed by atoms with Crippen LogP contribution in [0.4, 0.5) is 5.82 Å². The molecule has 0 atom stereocenters.